The summed E-state index contributed by atoms with van der Waals surface area (Å²) in [6, 6.07) is 2.61. The van der Waals surface area contributed by atoms with Gasteiger partial charge in [0.2, 0.25) is 11.8 Å². The number of epoxide rings is 1. The fraction of sp³-hybridized carbons (Fsp3) is 0.622. The summed E-state index contributed by atoms with van der Waals surface area (Å²) in [7, 11) is 6.03. The number of anilines is 1. The molecule has 2 unspecified atom stereocenters. The number of nitrogens with one attached hydrogen (secondary N) is 1. The van der Waals surface area contributed by atoms with Crippen LogP contribution in [0.25, 0.3) is 0 Å². The van der Waals surface area contributed by atoms with Crippen molar-refractivity contribution in [1.29, 1.82) is 0 Å². The molecule has 0 spiro atoms. The minimum Gasteiger partial charge on any atom is -0.495 e. The van der Waals surface area contributed by atoms with Crippen molar-refractivity contribution in [3.63, 3.8) is 0 Å². The van der Waals surface area contributed by atoms with Crippen molar-refractivity contribution in [3.8, 4) is 5.75 Å². The van der Waals surface area contributed by atoms with Crippen LogP contribution in [-0.4, -0.2) is 104 Å². The normalized spacial score (nSPS) is 32.3. The van der Waals surface area contributed by atoms with Crippen LogP contribution in [0, 0.1) is 11.3 Å². The molecule has 51 heavy (non-hydrogen) atoms. The van der Waals surface area contributed by atoms with Crippen molar-refractivity contribution >= 4 is 41.2 Å². The summed E-state index contributed by atoms with van der Waals surface area (Å²) in [5, 5.41) is 14.4. The number of hydrogen-bond donors (Lipinski definition) is 2. The number of esters is 1. The van der Waals surface area contributed by atoms with Crippen LogP contribution in [0.4, 0.5) is 10.5 Å². The number of amides is 3. The van der Waals surface area contributed by atoms with Crippen molar-refractivity contribution in [2.75, 3.05) is 33.2 Å². The summed E-state index contributed by atoms with van der Waals surface area (Å²) in [6.07, 6.45) is 0.973. The molecule has 3 aliphatic rings. The number of allylic oxidation sites excluding steroid dienone is 3. The molecule has 4 bridgehead atoms. The van der Waals surface area contributed by atoms with Gasteiger partial charge in [-0.15, -0.1) is 0 Å². The summed E-state index contributed by atoms with van der Waals surface area (Å²) in [5.41, 5.74) is -1.64. The Labute approximate surface area is 305 Å². The fourth-order valence-electron chi connectivity index (χ4n) is 6.71. The predicted octanol–water partition coefficient (Wildman–Crippen LogP) is 4.56. The molecule has 0 aliphatic carbocycles. The first-order valence-corrected chi connectivity index (χ1v) is 17.4. The minimum absolute atomic E-state index is 0.0472. The first-order valence-electron chi connectivity index (χ1n) is 17.0. The van der Waals surface area contributed by atoms with Crippen LogP contribution in [0.15, 0.2) is 35.9 Å². The molecule has 2 fully saturated rings. The molecule has 2 saturated heterocycles. The van der Waals surface area contributed by atoms with Crippen molar-refractivity contribution < 1.29 is 48.0 Å². The molecule has 8 atom stereocenters. The quantitative estimate of drug-likeness (QED) is 0.325. The van der Waals surface area contributed by atoms with Crippen LogP contribution < -0.4 is 15.0 Å². The lowest BCUT2D eigenvalue weighted by Crippen LogP contribution is -2.63. The van der Waals surface area contributed by atoms with E-state index in [0.29, 0.717) is 17.9 Å². The lowest BCUT2D eigenvalue weighted by Gasteiger charge is -2.42. The highest BCUT2D eigenvalue weighted by atomic mass is 35.5. The number of rotatable bonds is 5. The van der Waals surface area contributed by atoms with E-state index in [9.17, 15) is 24.3 Å². The highest BCUT2D eigenvalue weighted by molar-refractivity contribution is 6.35. The molecule has 3 aliphatic heterocycles. The second-order valence-corrected chi connectivity index (χ2v) is 15.4. The molecule has 3 amide bonds. The molecule has 1 aromatic carbocycles. The number of hydrogen-bond acceptors (Lipinski definition) is 10. The van der Waals surface area contributed by atoms with Crippen LogP contribution in [0.1, 0.15) is 66.9 Å². The highest BCUT2D eigenvalue weighted by Gasteiger charge is 2.64. The zero-order valence-electron chi connectivity index (χ0n) is 31.4. The summed E-state index contributed by atoms with van der Waals surface area (Å²) in [5.74, 6) is -1.56. The lowest BCUT2D eigenvalue weighted by molar-refractivity contribution is -0.163. The molecule has 4 rings (SSSR count). The van der Waals surface area contributed by atoms with E-state index in [2.05, 4.69) is 5.32 Å². The van der Waals surface area contributed by atoms with Gasteiger partial charge in [0.1, 0.15) is 40.7 Å². The second-order valence-electron chi connectivity index (χ2n) is 15.1. The molecule has 14 heteroatoms. The lowest BCUT2D eigenvalue weighted by atomic mass is 9.83. The first kappa shape index (κ1) is 40.1. The number of aliphatic hydroxyl groups is 1. The molecule has 0 saturated carbocycles. The van der Waals surface area contributed by atoms with Gasteiger partial charge in [0.05, 0.1) is 25.3 Å². The number of nitrogens with zero attached hydrogens (tertiary/aromatic N) is 2. The van der Waals surface area contributed by atoms with E-state index in [4.69, 9.17) is 35.3 Å². The molecule has 2 N–H and O–H groups in total. The maximum Gasteiger partial charge on any atom is 0.409 e. The Morgan fingerprint density at radius 3 is 2.49 bits per heavy atom. The van der Waals surface area contributed by atoms with Crippen LogP contribution in [-0.2, 0) is 39.8 Å². The summed E-state index contributed by atoms with van der Waals surface area (Å²) >= 11 is 6.75. The van der Waals surface area contributed by atoms with Crippen LogP contribution in [0.2, 0.25) is 5.02 Å². The Morgan fingerprint density at radius 2 is 1.88 bits per heavy atom. The maximum atomic E-state index is 14.1. The third kappa shape index (κ3) is 8.54. The predicted molar refractivity (Wildman–Crippen MR) is 190 cm³/mol. The van der Waals surface area contributed by atoms with Crippen molar-refractivity contribution in [1.82, 2.24) is 10.2 Å². The monoisotopic (exact) mass is 733 g/mol. The number of fused-ring (bicyclic) bond motifs is 5. The van der Waals surface area contributed by atoms with Gasteiger partial charge in [-0.3, -0.25) is 14.9 Å². The van der Waals surface area contributed by atoms with Crippen LogP contribution in [0.5, 0.6) is 5.75 Å². The topological polar surface area (TPSA) is 156 Å². The fourth-order valence-corrected chi connectivity index (χ4v) is 7.02. The molecule has 13 nitrogen and oxygen atoms in total. The number of carbonyl (C=O) groups excluding carboxylic acids is 4. The molecule has 3 heterocycles. The van der Waals surface area contributed by atoms with Gasteiger partial charge in [0.25, 0.3) is 0 Å². The van der Waals surface area contributed by atoms with Gasteiger partial charge in [0, 0.05) is 39.0 Å². The second kappa shape index (κ2) is 15.1. The third-order valence-electron chi connectivity index (χ3n) is 10.1. The van der Waals surface area contributed by atoms with E-state index >= 15 is 0 Å². The maximum absolute atomic E-state index is 14.1. The number of ether oxygens (including phenoxy) is 5. The number of carbonyl (C=O) groups is 4. The minimum atomic E-state index is -1.82. The van der Waals surface area contributed by atoms with Crippen LogP contribution in [0.3, 0.4) is 0 Å². The zero-order chi connectivity index (χ0) is 38.2. The van der Waals surface area contributed by atoms with E-state index in [1.54, 1.807) is 72.9 Å². The zero-order valence-corrected chi connectivity index (χ0v) is 32.1. The summed E-state index contributed by atoms with van der Waals surface area (Å²) < 4.78 is 29.2. The number of halogens is 1. The number of likely N-dealkylation sites (N-methyl/N-ethyl adjacent to an activating group) is 1. The Morgan fingerprint density at radius 1 is 1.22 bits per heavy atom. The third-order valence-corrected chi connectivity index (χ3v) is 10.5. The Bertz CT molecular complexity index is 1590. The van der Waals surface area contributed by atoms with E-state index in [0.717, 1.165) is 11.1 Å². The molecule has 282 valence electrons. The Kier molecular flexibility index (Phi) is 11.9. The van der Waals surface area contributed by atoms with E-state index in [-0.39, 0.29) is 23.8 Å². The molecule has 1 aromatic rings. The summed E-state index contributed by atoms with van der Waals surface area (Å²) in [6.45, 7) is 12.3. The van der Waals surface area contributed by atoms with Gasteiger partial charge in [-0.1, -0.05) is 63.1 Å². The number of alkyl carbamates (subject to hydrolysis) is 1. The average Bonchev–Trinajstić information content (AvgIpc) is 3.75. The SMILES string of the molecule is COc1cc2cc(c1Cl)N(C)C(=O)CC(OC(=O)[C@H](C)N(C)C(=O)C(C)(C)C)C1(C)O[C@H]1[C@H](C)[C@@H]1C[C@@](O)(NC(=O)O1)[C@H](OC)/C=C/C=C(\C)C2. The molecule has 0 radical (unpaired) electrons. The van der Waals surface area contributed by atoms with Gasteiger partial charge in [0.15, 0.2) is 5.72 Å². The number of benzene rings is 1. The van der Waals surface area contributed by atoms with Gasteiger partial charge in [-0.05, 0) is 44.9 Å². The van der Waals surface area contributed by atoms with Gasteiger partial charge >= 0.3 is 12.1 Å². The van der Waals surface area contributed by atoms with E-state index in [1.807, 2.05) is 13.0 Å². The average molecular weight is 734 g/mol. The molecule has 0 aromatic heterocycles. The van der Waals surface area contributed by atoms with Gasteiger partial charge < -0.3 is 38.6 Å². The van der Waals surface area contributed by atoms with Gasteiger partial charge in [-0.2, -0.15) is 0 Å². The summed E-state index contributed by atoms with van der Waals surface area (Å²) in [4.78, 5) is 56.3. The van der Waals surface area contributed by atoms with Crippen LogP contribution >= 0.6 is 11.6 Å². The Balaban J connectivity index is 1.78. The highest BCUT2D eigenvalue weighted by Crippen LogP contribution is 2.49. The van der Waals surface area contributed by atoms with Crippen molar-refractivity contribution in [2.45, 2.75) is 110 Å². The smallest absolute Gasteiger partial charge is 0.409 e. The number of methoxy groups -OCH3 is 2. The first-order chi connectivity index (χ1) is 23.7. The van der Waals surface area contributed by atoms with E-state index < -0.39 is 71.1 Å². The van der Waals surface area contributed by atoms with Crippen molar-refractivity contribution in [2.24, 2.45) is 11.3 Å². The Hall–Kier alpha value is -3.65. The molecular formula is C37H52ClN3O10. The van der Waals surface area contributed by atoms with Gasteiger partial charge in [-0.25, -0.2) is 9.59 Å². The van der Waals surface area contributed by atoms with Crippen molar-refractivity contribution in [3.05, 3.63) is 46.5 Å². The standard InChI is InChI=1S/C37H52ClN3O10/c1-20-13-12-14-27(48-11)37(46)19-26(49-34(45)39-37)21(2)31-36(7,51-31)28(50-32(43)22(3)40(8)33(44)35(4,5)6)18-29(42)41(9)24-16-23(15-20)17-25(47-10)30(24)38/h12-14,16-17,21-22,26-28,31,46H,15,18-19H2,1-11H3,(H,39,45)/b14-12+,20-13+/t21-,22+,26+,27-,28?,31+,36?,37+/m1/s1. The van der Waals surface area contributed by atoms with E-state index in [1.165, 1.54) is 31.1 Å². The molecular weight excluding hydrogens is 682 g/mol. The largest absolute Gasteiger partial charge is 0.495 e.